The van der Waals surface area contributed by atoms with Gasteiger partial charge in [0.25, 0.3) is 5.56 Å². The summed E-state index contributed by atoms with van der Waals surface area (Å²) in [5, 5.41) is 8.85. The molecular formula is C14H13NO4. The third-order valence-electron chi connectivity index (χ3n) is 2.59. The second kappa shape index (κ2) is 5.86. The van der Waals surface area contributed by atoms with Crippen molar-refractivity contribution in [3.8, 4) is 5.75 Å². The molecule has 5 heteroatoms. The van der Waals surface area contributed by atoms with Crippen molar-refractivity contribution in [1.29, 1.82) is 0 Å². The number of hydrogen-bond donors (Lipinski definition) is 1. The Morgan fingerprint density at radius 3 is 2.58 bits per heavy atom. The van der Waals surface area contributed by atoms with Gasteiger partial charge in [-0.3, -0.25) is 4.79 Å². The molecule has 0 atom stereocenters. The summed E-state index contributed by atoms with van der Waals surface area (Å²) in [5.74, 6) is -0.506. The fraction of sp³-hybridized carbons (Fsp3) is 0.143. The molecule has 1 aromatic carbocycles. The second-order valence-corrected chi connectivity index (χ2v) is 3.89. The van der Waals surface area contributed by atoms with E-state index in [1.54, 1.807) is 6.20 Å². The van der Waals surface area contributed by atoms with Crippen LogP contribution >= 0.6 is 0 Å². The molecule has 0 saturated carbocycles. The second-order valence-electron chi connectivity index (χ2n) is 3.89. The summed E-state index contributed by atoms with van der Waals surface area (Å²) in [4.78, 5) is 22.6. The Bertz CT molecular complexity index is 619. The molecule has 1 N–H and O–H groups in total. The first-order chi connectivity index (χ1) is 9.18. The number of carboxylic acid groups (broad SMARTS) is 1. The van der Waals surface area contributed by atoms with Crippen molar-refractivity contribution in [2.75, 3.05) is 6.61 Å². The molecule has 0 radical (unpaired) electrons. The van der Waals surface area contributed by atoms with Crippen molar-refractivity contribution in [2.45, 2.75) is 6.54 Å². The number of aromatic carboxylic acids is 1. The molecule has 0 fully saturated rings. The van der Waals surface area contributed by atoms with E-state index in [2.05, 4.69) is 0 Å². The maximum absolute atomic E-state index is 11.8. The number of rotatable bonds is 5. The number of carboxylic acids is 1. The van der Waals surface area contributed by atoms with Crippen LogP contribution in [0.5, 0.6) is 5.75 Å². The van der Waals surface area contributed by atoms with Crippen LogP contribution in [0.25, 0.3) is 0 Å². The zero-order chi connectivity index (χ0) is 13.7. The van der Waals surface area contributed by atoms with Gasteiger partial charge in [0.1, 0.15) is 17.9 Å². The number of carbonyl (C=O) groups is 1. The van der Waals surface area contributed by atoms with Crippen LogP contribution in [0, 0.1) is 0 Å². The molecule has 0 spiro atoms. The number of pyridine rings is 1. The topological polar surface area (TPSA) is 68.5 Å². The Labute approximate surface area is 109 Å². The van der Waals surface area contributed by atoms with E-state index in [0.717, 1.165) is 0 Å². The molecule has 0 saturated heterocycles. The van der Waals surface area contributed by atoms with Gasteiger partial charge in [-0.15, -0.1) is 0 Å². The van der Waals surface area contributed by atoms with Gasteiger partial charge in [0.05, 0.1) is 6.54 Å². The van der Waals surface area contributed by atoms with Crippen LogP contribution in [0.4, 0.5) is 0 Å². The fourth-order valence-electron chi connectivity index (χ4n) is 1.65. The van der Waals surface area contributed by atoms with E-state index in [9.17, 15) is 9.59 Å². The van der Waals surface area contributed by atoms with E-state index in [4.69, 9.17) is 9.84 Å². The lowest BCUT2D eigenvalue weighted by molar-refractivity contribution is 0.0694. The largest absolute Gasteiger partial charge is 0.492 e. The van der Waals surface area contributed by atoms with E-state index in [1.807, 2.05) is 30.3 Å². The van der Waals surface area contributed by atoms with Crippen molar-refractivity contribution in [1.82, 2.24) is 4.57 Å². The van der Waals surface area contributed by atoms with E-state index >= 15 is 0 Å². The minimum absolute atomic E-state index is 0.234. The third-order valence-corrected chi connectivity index (χ3v) is 2.59. The summed E-state index contributed by atoms with van der Waals surface area (Å²) in [7, 11) is 0. The quantitative estimate of drug-likeness (QED) is 0.886. The Hall–Kier alpha value is -2.56. The standard InChI is InChI=1S/C14H13NO4/c16-13-12(14(17)18)7-4-8-15(13)9-10-19-11-5-2-1-3-6-11/h1-8H,9-10H2,(H,17,18). The highest BCUT2D eigenvalue weighted by Crippen LogP contribution is 2.07. The van der Waals surface area contributed by atoms with E-state index in [0.29, 0.717) is 18.9 Å². The monoisotopic (exact) mass is 259 g/mol. The molecule has 98 valence electrons. The molecule has 0 amide bonds. The minimum atomic E-state index is -1.22. The van der Waals surface area contributed by atoms with Crippen LogP contribution in [0.3, 0.4) is 0 Å². The van der Waals surface area contributed by atoms with Crippen molar-refractivity contribution in [2.24, 2.45) is 0 Å². The van der Waals surface area contributed by atoms with Crippen molar-refractivity contribution in [3.63, 3.8) is 0 Å². The lowest BCUT2D eigenvalue weighted by Gasteiger charge is -2.08. The zero-order valence-electron chi connectivity index (χ0n) is 10.2. The fourth-order valence-corrected chi connectivity index (χ4v) is 1.65. The molecule has 0 aliphatic carbocycles. The minimum Gasteiger partial charge on any atom is -0.492 e. The maximum Gasteiger partial charge on any atom is 0.341 e. The van der Waals surface area contributed by atoms with Crippen LogP contribution in [-0.4, -0.2) is 22.2 Å². The molecule has 5 nitrogen and oxygen atoms in total. The van der Waals surface area contributed by atoms with Crippen LogP contribution in [0.1, 0.15) is 10.4 Å². The number of nitrogens with zero attached hydrogens (tertiary/aromatic N) is 1. The molecule has 19 heavy (non-hydrogen) atoms. The van der Waals surface area contributed by atoms with Gasteiger partial charge in [-0.05, 0) is 24.3 Å². The normalized spacial score (nSPS) is 10.1. The average Bonchev–Trinajstić information content (AvgIpc) is 2.41. The lowest BCUT2D eigenvalue weighted by Crippen LogP contribution is -2.27. The highest BCUT2D eigenvalue weighted by atomic mass is 16.5. The lowest BCUT2D eigenvalue weighted by atomic mass is 10.3. The van der Waals surface area contributed by atoms with Gasteiger partial charge in [0.2, 0.25) is 0 Å². The van der Waals surface area contributed by atoms with Gasteiger partial charge in [-0.1, -0.05) is 18.2 Å². The van der Waals surface area contributed by atoms with Gasteiger partial charge in [-0.2, -0.15) is 0 Å². The van der Waals surface area contributed by atoms with Crippen molar-refractivity contribution in [3.05, 3.63) is 64.6 Å². The van der Waals surface area contributed by atoms with Crippen LogP contribution in [-0.2, 0) is 6.54 Å². The number of para-hydroxylation sites is 1. The molecule has 0 aliphatic heterocycles. The van der Waals surface area contributed by atoms with Crippen LogP contribution in [0.15, 0.2) is 53.5 Å². The van der Waals surface area contributed by atoms with E-state index in [-0.39, 0.29) is 5.56 Å². The predicted octanol–water partition coefficient (Wildman–Crippen LogP) is 1.63. The molecule has 2 rings (SSSR count). The Morgan fingerprint density at radius 1 is 1.16 bits per heavy atom. The average molecular weight is 259 g/mol. The van der Waals surface area contributed by atoms with Gasteiger partial charge in [-0.25, -0.2) is 4.79 Å². The summed E-state index contributed by atoms with van der Waals surface area (Å²) < 4.78 is 6.78. The SMILES string of the molecule is O=C(O)c1cccn(CCOc2ccccc2)c1=O. The van der Waals surface area contributed by atoms with Gasteiger partial charge in [0.15, 0.2) is 0 Å². The van der Waals surface area contributed by atoms with Crippen LogP contribution in [0.2, 0.25) is 0 Å². The van der Waals surface area contributed by atoms with E-state index < -0.39 is 11.5 Å². The molecule has 1 heterocycles. The zero-order valence-corrected chi connectivity index (χ0v) is 10.2. The van der Waals surface area contributed by atoms with Gasteiger partial charge >= 0.3 is 5.97 Å². The summed E-state index contributed by atoms with van der Waals surface area (Å²) in [5.41, 5.74) is -0.756. The van der Waals surface area contributed by atoms with E-state index in [1.165, 1.54) is 16.7 Å². The molecule has 2 aromatic rings. The molecule has 0 bridgehead atoms. The highest BCUT2D eigenvalue weighted by Gasteiger charge is 2.09. The van der Waals surface area contributed by atoms with Gasteiger partial charge < -0.3 is 14.4 Å². The first kappa shape index (κ1) is 12.9. The maximum atomic E-state index is 11.8. The van der Waals surface area contributed by atoms with Crippen molar-refractivity contribution < 1.29 is 14.6 Å². The number of benzene rings is 1. The molecule has 0 unspecified atom stereocenters. The molecule has 1 aromatic heterocycles. The first-order valence-corrected chi connectivity index (χ1v) is 5.79. The molecule has 0 aliphatic rings. The highest BCUT2D eigenvalue weighted by molar-refractivity contribution is 5.86. The summed E-state index contributed by atoms with van der Waals surface area (Å²) in [6.07, 6.45) is 1.54. The van der Waals surface area contributed by atoms with Gasteiger partial charge in [0, 0.05) is 6.20 Å². The number of hydrogen-bond acceptors (Lipinski definition) is 3. The third kappa shape index (κ3) is 3.22. The summed E-state index contributed by atoms with van der Waals surface area (Å²) in [6.45, 7) is 0.599. The van der Waals surface area contributed by atoms with Crippen molar-refractivity contribution >= 4 is 5.97 Å². The number of aromatic nitrogens is 1. The Kier molecular flexibility index (Phi) is 3.97. The summed E-state index contributed by atoms with van der Waals surface area (Å²) >= 11 is 0. The van der Waals surface area contributed by atoms with Crippen LogP contribution < -0.4 is 10.3 Å². The summed E-state index contributed by atoms with van der Waals surface area (Å²) in [6, 6.07) is 12.0. The Morgan fingerprint density at radius 2 is 1.89 bits per heavy atom. The number of ether oxygens (including phenoxy) is 1. The molecular weight excluding hydrogens is 246 g/mol. The first-order valence-electron chi connectivity index (χ1n) is 5.79. The predicted molar refractivity (Wildman–Crippen MR) is 69.6 cm³/mol. The smallest absolute Gasteiger partial charge is 0.341 e. The Balaban J connectivity index is 2.03.